The van der Waals surface area contributed by atoms with Crippen LogP contribution in [0.1, 0.15) is 64.4 Å². The zero-order valence-corrected chi connectivity index (χ0v) is 24.8. The van der Waals surface area contributed by atoms with E-state index in [1.807, 2.05) is 13.0 Å². The Morgan fingerprint density at radius 2 is 1.65 bits per heavy atom. The highest BCUT2D eigenvalue weighted by Crippen LogP contribution is 2.33. The molecule has 0 spiro atoms. The quantitative estimate of drug-likeness (QED) is 0.257. The average Bonchev–Trinajstić information content (AvgIpc) is 2.91. The van der Waals surface area contributed by atoms with E-state index in [1.54, 1.807) is 30.3 Å². The summed E-state index contributed by atoms with van der Waals surface area (Å²) in [4.78, 5) is 42.4. The maximum Gasteiger partial charge on any atom is 0.259 e. The van der Waals surface area contributed by atoms with E-state index in [9.17, 15) is 14.4 Å². The molecule has 0 bridgehead atoms. The Bertz CT molecular complexity index is 1360. The van der Waals surface area contributed by atoms with Gasteiger partial charge in [0.2, 0.25) is 0 Å². The third-order valence-corrected chi connectivity index (χ3v) is 6.85. The average molecular weight is 628 g/mol. The van der Waals surface area contributed by atoms with Gasteiger partial charge in [-0.25, -0.2) is 4.98 Å². The highest BCUT2D eigenvalue weighted by Gasteiger charge is 2.26. The van der Waals surface area contributed by atoms with Crippen molar-refractivity contribution in [3.8, 4) is 5.75 Å². The van der Waals surface area contributed by atoms with Crippen molar-refractivity contribution in [3.63, 3.8) is 0 Å². The number of hydrogen-bond acceptors (Lipinski definition) is 6. The molecule has 2 aromatic carbocycles. The number of carbonyl (C=O) groups is 3. The van der Waals surface area contributed by atoms with Gasteiger partial charge in [0.25, 0.3) is 11.8 Å². The van der Waals surface area contributed by atoms with Crippen LogP contribution in [0.25, 0.3) is 0 Å². The van der Waals surface area contributed by atoms with Crippen molar-refractivity contribution in [1.29, 1.82) is 0 Å². The monoisotopic (exact) mass is 626 g/mol. The van der Waals surface area contributed by atoms with Crippen molar-refractivity contribution in [3.05, 3.63) is 81.0 Å². The van der Waals surface area contributed by atoms with Crippen LogP contribution in [0, 0.1) is 0 Å². The van der Waals surface area contributed by atoms with E-state index in [2.05, 4.69) is 15.6 Å². The topological polar surface area (TPSA) is 123 Å². The Morgan fingerprint density at radius 1 is 0.975 bits per heavy atom. The number of halogens is 4. The molecule has 1 aliphatic carbocycles. The number of benzene rings is 2. The minimum Gasteiger partial charge on any atom is -0.489 e. The van der Waals surface area contributed by atoms with Crippen molar-refractivity contribution < 1.29 is 19.1 Å². The summed E-state index contributed by atoms with van der Waals surface area (Å²) in [5.74, 6) is 0.0114. The molecular weight excluding hydrogens is 598 g/mol. The van der Waals surface area contributed by atoms with Gasteiger partial charge in [0.1, 0.15) is 17.4 Å². The van der Waals surface area contributed by atoms with Crippen molar-refractivity contribution in [2.45, 2.75) is 51.7 Å². The van der Waals surface area contributed by atoms with Crippen molar-refractivity contribution in [2.75, 3.05) is 10.6 Å². The number of amides is 2. The van der Waals surface area contributed by atoms with E-state index >= 15 is 0 Å². The fraction of sp³-hybridized carbons (Fsp3) is 0.286. The number of carbonyl (C=O) groups excluding carboxylic acids is 3. The molecule has 12 heteroatoms. The number of anilines is 2. The number of ether oxygens (including phenoxy) is 1. The van der Waals surface area contributed by atoms with Crippen LogP contribution in [-0.4, -0.2) is 28.7 Å². The van der Waals surface area contributed by atoms with E-state index in [-0.39, 0.29) is 48.0 Å². The Kier molecular flexibility index (Phi) is 12.7. The minimum atomic E-state index is -0.506. The van der Waals surface area contributed by atoms with Gasteiger partial charge in [0, 0.05) is 30.6 Å². The largest absolute Gasteiger partial charge is 0.489 e. The van der Waals surface area contributed by atoms with Gasteiger partial charge in [-0.2, -0.15) is 0 Å². The van der Waals surface area contributed by atoms with E-state index in [4.69, 9.17) is 33.7 Å². The predicted molar refractivity (Wildman–Crippen MR) is 163 cm³/mol. The lowest BCUT2D eigenvalue weighted by Crippen LogP contribution is -2.26. The summed E-state index contributed by atoms with van der Waals surface area (Å²) in [5, 5.41) is 6.28. The number of nitrogens with zero attached hydrogens (tertiary/aromatic N) is 1. The zero-order valence-electron chi connectivity index (χ0n) is 21.7. The molecule has 1 fully saturated rings. The molecule has 0 radical (unpaired) electrons. The van der Waals surface area contributed by atoms with Gasteiger partial charge in [-0.1, -0.05) is 36.2 Å². The molecule has 0 aliphatic heterocycles. The molecule has 1 heterocycles. The highest BCUT2D eigenvalue weighted by molar-refractivity contribution is 6.31. The summed E-state index contributed by atoms with van der Waals surface area (Å²) >= 11 is 12.0. The second-order valence-electron chi connectivity index (χ2n) is 8.95. The van der Waals surface area contributed by atoms with Crippen LogP contribution in [0.3, 0.4) is 0 Å². The molecule has 214 valence electrons. The van der Waals surface area contributed by atoms with Gasteiger partial charge in [0.15, 0.2) is 0 Å². The first-order chi connectivity index (χ1) is 18.3. The number of hydrogen-bond donors (Lipinski definition) is 3. The first-order valence-electron chi connectivity index (χ1n) is 12.4. The molecule has 1 aromatic heterocycles. The lowest BCUT2D eigenvalue weighted by molar-refractivity contribution is -0.121. The lowest BCUT2D eigenvalue weighted by atomic mass is 9.95. The summed E-state index contributed by atoms with van der Waals surface area (Å²) < 4.78 is 6.36. The molecule has 2 amide bonds. The van der Waals surface area contributed by atoms with E-state index < -0.39 is 11.8 Å². The van der Waals surface area contributed by atoms with Crippen LogP contribution in [0.5, 0.6) is 5.75 Å². The molecule has 1 aliphatic rings. The second kappa shape index (κ2) is 15.2. The van der Waals surface area contributed by atoms with Gasteiger partial charge >= 0.3 is 0 Å². The molecule has 1 saturated carbocycles. The van der Waals surface area contributed by atoms with Crippen LogP contribution in [0.4, 0.5) is 11.5 Å². The first kappa shape index (κ1) is 33.3. The van der Waals surface area contributed by atoms with Gasteiger partial charge in [-0.05, 0) is 66.8 Å². The Hall–Kier alpha value is -2.88. The number of nitrogens with two attached hydrogens (primary N) is 1. The summed E-state index contributed by atoms with van der Waals surface area (Å²) in [5.41, 5.74) is 8.43. The van der Waals surface area contributed by atoms with Gasteiger partial charge in [0.05, 0.1) is 27.9 Å². The van der Waals surface area contributed by atoms with Crippen molar-refractivity contribution >= 4 is 77.1 Å². The maximum absolute atomic E-state index is 13.6. The van der Waals surface area contributed by atoms with E-state index in [1.165, 1.54) is 12.3 Å². The fourth-order valence-electron chi connectivity index (χ4n) is 4.40. The fourth-order valence-corrected chi connectivity index (χ4v) is 4.68. The van der Waals surface area contributed by atoms with E-state index in [0.717, 1.165) is 11.1 Å². The molecule has 4 N–H and O–H groups in total. The molecule has 0 saturated heterocycles. The Balaban J connectivity index is 0.00000280. The molecular formula is C28H30Cl4N4O4. The smallest absolute Gasteiger partial charge is 0.259 e. The SMILES string of the molecule is CCc1c(CN)ccc(C(=O)Nc2ccc(Cl)cc2C(=O)Nc2ccc(Cl)cn2)c1OC1CCC(=O)CC1.Cl.Cl. The predicted octanol–water partition coefficient (Wildman–Crippen LogP) is 6.65. The van der Waals surface area contributed by atoms with E-state index in [0.29, 0.717) is 65.8 Å². The summed E-state index contributed by atoms with van der Waals surface area (Å²) in [6.07, 6.45) is 3.94. The summed E-state index contributed by atoms with van der Waals surface area (Å²) in [6.45, 7) is 2.27. The molecule has 3 aromatic rings. The molecule has 40 heavy (non-hydrogen) atoms. The zero-order chi connectivity index (χ0) is 27.2. The lowest BCUT2D eigenvalue weighted by Gasteiger charge is -2.26. The number of ketones is 1. The van der Waals surface area contributed by atoms with Gasteiger partial charge < -0.3 is 21.1 Å². The van der Waals surface area contributed by atoms with Gasteiger partial charge in [-0.3, -0.25) is 14.4 Å². The van der Waals surface area contributed by atoms with Gasteiger partial charge in [-0.15, -0.1) is 24.8 Å². The molecule has 8 nitrogen and oxygen atoms in total. The molecule has 0 atom stereocenters. The first-order valence-corrected chi connectivity index (χ1v) is 13.1. The summed E-state index contributed by atoms with van der Waals surface area (Å²) in [6, 6.07) is 11.3. The normalized spacial score (nSPS) is 13.1. The van der Waals surface area contributed by atoms with Crippen molar-refractivity contribution in [2.24, 2.45) is 5.73 Å². The number of Topliss-reactive ketones (excluding diaryl/α,β-unsaturated/α-hetero) is 1. The minimum absolute atomic E-state index is 0. The summed E-state index contributed by atoms with van der Waals surface area (Å²) in [7, 11) is 0. The highest BCUT2D eigenvalue weighted by atomic mass is 35.5. The van der Waals surface area contributed by atoms with Crippen LogP contribution < -0.4 is 21.1 Å². The molecule has 0 unspecified atom stereocenters. The second-order valence-corrected chi connectivity index (χ2v) is 9.83. The Morgan fingerprint density at radius 3 is 2.27 bits per heavy atom. The van der Waals surface area contributed by atoms with Crippen LogP contribution >= 0.6 is 48.0 Å². The third-order valence-electron chi connectivity index (χ3n) is 6.39. The van der Waals surface area contributed by atoms with Crippen LogP contribution in [0.15, 0.2) is 48.7 Å². The van der Waals surface area contributed by atoms with Crippen LogP contribution in [-0.2, 0) is 17.8 Å². The third kappa shape index (κ3) is 8.08. The molecule has 4 rings (SSSR count). The standard InChI is InChI=1S/C28H28Cl2N4O4.2ClH/c1-2-21-16(14-31)3-10-22(26(21)38-20-8-6-19(35)7-9-20)27(36)33-24-11-4-17(29)13-23(24)28(37)34-25-12-5-18(30)15-32-25;;/h3-5,10-13,15,20H,2,6-9,14,31H2,1H3,(H,33,36)(H,32,34,37);2*1H. The number of pyridine rings is 1. The number of nitrogens with one attached hydrogen (secondary N) is 2. The maximum atomic E-state index is 13.6. The van der Waals surface area contributed by atoms with Crippen molar-refractivity contribution in [1.82, 2.24) is 4.98 Å². The van der Waals surface area contributed by atoms with Crippen LogP contribution in [0.2, 0.25) is 10.0 Å². The number of aromatic nitrogens is 1. The Labute approximate surface area is 255 Å². The number of rotatable bonds is 8.